The van der Waals surface area contributed by atoms with Gasteiger partial charge in [-0.2, -0.15) is 0 Å². The topological polar surface area (TPSA) is 66.2 Å². The molecule has 0 saturated carbocycles. The van der Waals surface area contributed by atoms with E-state index in [1.165, 1.54) is 0 Å². The van der Waals surface area contributed by atoms with Crippen molar-refractivity contribution in [2.45, 2.75) is 25.3 Å². The highest BCUT2D eigenvalue weighted by Gasteiger charge is 2.25. The molecule has 0 bridgehead atoms. The van der Waals surface area contributed by atoms with Gasteiger partial charge in [-0.1, -0.05) is 13.8 Å². The number of hydrogen-bond acceptors (Lipinski definition) is 3. The number of H-pyrrole nitrogens is 1. The number of amides is 1. The maximum absolute atomic E-state index is 12.0. The average Bonchev–Trinajstić information content (AvgIpc) is 2.92. The van der Waals surface area contributed by atoms with E-state index in [0.717, 1.165) is 12.2 Å². The Hall–Kier alpha value is -1.33. The summed E-state index contributed by atoms with van der Waals surface area (Å²) in [6, 6.07) is 3.78. The second-order valence-corrected chi connectivity index (χ2v) is 5.27. The Labute approximate surface area is 107 Å². The van der Waals surface area contributed by atoms with E-state index in [1.54, 1.807) is 0 Å². The zero-order valence-electron chi connectivity index (χ0n) is 11.0. The van der Waals surface area contributed by atoms with Crippen LogP contribution in [0.1, 0.15) is 19.5 Å². The summed E-state index contributed by atoms with van der Waals surface area (Å²) in [7, 11) is 0. The van der Waals surface area contributed by atoms with Crippen molar-refractivity contribution in [2.75, 3.05) is 26.3 Å². The van der Waals surface area contributed by atoms with Crippen LogP contribution in [0.4, 0.5) is 0 Å². The van der Waals surface area contributed by atoms with Gasteiger partial charge < -0.3 is 20.4 Å². The van der Waals surface area contributed by atoms with Gasteiger partial charge in [0.15, 0.2) is 0 Å². The van der Waals surface area contributed by atoms with E-state index < -0.39 is 0 Å². The van der Waals surface area contributed by atoms with Gasteiger partial charge in [-0.25, -0.2) is 0 Å². The quantitative estimate of drug-likeness (QED) is 0.725. The van der Waals surface area contributed by atoms with Crippen molar-refractivity contribution in [1.29, 1.82) is 0 Å². The van der Waals surface area contributed by atoms with Crippen LogP contribution in [0.3, 0.4) is 0 Å². The van der Waals surface area contributed by atoms with E-state index in [4.69, 9.17) is 4.74 Å². The number of aromatic amines is 1. The third-order valence-corrected chi connectivity index (χ3v) is 3.27. The van der Waals surface area contributed by atoms with Crippen molar-refractivity contribution in [3.8, 4) is 0 Å². The van der Waals surface area contributed by atoms with Crippen molar-refractivity contribution >= 4 is 5.91 Å². The molecule has 0 spiro atoms. The molecule has 1 aromatic rings. The summed E-state index contributed by atoms with van der Waals surface area (Å²) in [5.74, 6) is 0.00864. The summed E-state index contributed by atoms with van der Waals surface area (Å²) in [5.41, 5.74) is 1.02. The van der Waals surface area contributed by atoms with Crippen molar-refractivity contribution in [1.82, 2.24) is 15.6 Å². The molecule has 1 aromatic heterocycles. The van der Waals surface area contributed by atoms with E-state index in [9.17, 15) is 4.79 Å². The lowest BCUT2D eigenvalue weighted by molar-refractivity contribution is -0.126. The molecule has 0 radical (unpaired) electrons. The number of aromatic nitrogens is 1. The maximum Gasteiger partial charge on any atom is 0.239 e. The molecule has 1 fully saturated rings. The second kappa shape index (κ2) is 5.54. The highest BCUT2D eigenvalue weighted by Crippen LogP contribution is 2.19. The van der Waals surface area contributed by atoms with E-state index in [-0.39, 0.29) is 17.4 Å². The number of nitrogens with one attached hydrogen (secondary N) is 3. The molecule has 1 aliphatic rings. The third kappa shape index (κ3) is 3.11. The monoisotopic (exact) mass is 251 g/mol. The average molecular weight is 251 g/mol. The molecule has 1 amide bonds. The molecular weight excluding hydrogens is 230 g/mol. The molecule has 1 atom stereocenters. The van der Waals surface area contributed by atoms with E-state index in [2.05, 4.69) is 29.5 Å². The minimum atomic E-state index is -0.224. The molecule has 0 aliphatic carbocycles. The smallest absolute Gasteiger partial charge is 0.239 e. The first kappa shape index (κ1) is 13.1. The molecular formula is C13H21N3O2. The first-order valence-electron chi connectivity index (χ1n) is 6.32. The van der Waals surface area contributed by atoms with Gasteiger partial charge in [-0.3, -0.25) is 4.79 Å². The summed E-state index contributed by atoms with van der Waals surface area (Å²) in [5, 5.41) is 6.12. The Bertz CT molecular complexity index is 381. The number of carbonyl (C=O) groups is 1. The van der Waals surface area contributed by atoms with Gasteiger partial charge in [-0.05, 0) is 12.1 Å². The molecule has 1 aliphatic heterocycles. The zero-order chi connectivity index (χ0) is 13.0. The van der Waals surface area contributed by atoms with Gasteiger partial charge in [0.25, 0.3) is 0 Å². The molecule has 18 heavy (non-hydrogen) atoms. The highest BCUT2D eigenvalue weighted by atomic mass is 16.5. The van der Waals surface area contributed by atoms with Crippen LogP contribution in [0, 0.1) is 0 Å². The summed E-state index contributed by atoms with van der Waals surface area (Å²) < 4.78 is 5.28. The zero-order valence-corrected chi connectivity index (χ0v) is 11.0. The Morgan fingerprint density at radius 2 is 2.44 bits per heavy atom. The standard InChI is InChI=1S/C13H21N3O2/c1-13(2,11-4-3-5-15-11)9-16-12(17)10-8-18-7-6-14-10/h3-5,10,14-15H,6-9H2,1-2H3,(H,16,17). The first-order valence-corrected chi connectivity index (χ1v) is 6.32. The Kier molecular flexibility index (Phi) is 4.04. The summed E-state index contributed by atoms with van der Waals surface area (Å²) >= 11 is 0. The molecule has 5 nitrogen and oxygen atoms in total. The van der Waals surface area contributed by atoms with E-state index in [0.29, 0.717) is 19.8 Å². The van der Waals surface area contributed by atoms with Crippen molar-refractivity contribution in [3.63, 3.8) is 0 Å². The molecule has 1 saturated heterocycles. The lowest BCUT2D eigenvalue weighted by atomic mass is 9.89. The maximum atomic E-state index is 12.0. The predicted molar refractivity (Wildman–Crippen MR) is 69.4 cm³/mol. The highest BCUT2D eigenvalue weighted by molar-refractivity contribution is 5.82. The summed E-state index contributed by atoms with van der Waals surface area (Å²) in [6.45, 7) is 6.67. The van der Waals surface area contributed by atoms with E-state index in [1.807, 2.05) is 18.3 Å². The van der Waals surface area contributed by atoms with Crippen molar-refractivity contribution in [2.24, 2.45) is 0 Å². The van der Waals surface area contributed by atoms with Crippen LogP contribution in [0.25, 0.3) is 0 Å². The third-order valence-electron chi connectivity index (χ3n) is 3.27. The van der Waals surface area contributed by atoms with Crippen LogP contribution in [-0.4, -0.2) is 43.2 Å². The largest absolute Gasteiger partial charge is 0.378 e. The van der Waals surface area contributed by atoms with Gasteiger partial charge in [0.2, 0.25) is 5.91 Å². The first-order chi connectivity index (χ1) is 8.59. The second-order valence-electron chi connectivity index (χ2n) is 5.27. The SMILES string of the molecule is CC(C)(CNC(=O)C1COCCN1)c1ccc[nH]1. The Balaban J connectivity index is 1.85. The van der Waals surface area contributed by atoms with Crippen LogP contribution < -0.4 is 10.6 Å². The normalized spacial score (nSPS) is 20.7. The minimum Gasteiger partial charge on any atom is -0.378 e. The molecule has 2 rings (SSSR count). The number of morpholine rings is 1. The van der Waals surface area contributed by atoms with Gasteiger partial charge in [0.1, 0.15) is 6.04 Å². The van der Waals surface area contributed by atoms with E-state index >= 15 is 0 Å². The van der Waals surface area contributed by atoms with Crippen LogP contribution >= 0.6 is 0 Å². The van der Waals surface area contributed by atoms with Crippen molar-refractivity contribution < 1.29 is 9.53 Å². The fraction of sp³-hybridized carbons (Fsp3) is 0.615. The Morgan fingerprint density at radius 3 is 3.06 bits per heavy atom. The summed E-state index contributed by atoms with van der Waals surface area (Å²) in [6.07, 6.45) is 1.90. The molecule has 100 valence electrons. The van der Waals surface area contributed by atoms with Gasteiger partial charge >= 0.3 is 0 Å². The van der Waals surface area contributed by atoms with Gasteiger partial charge in [0.05, 0.1) is 13.2 Å². The van der Waals surface area contributed by atoms with Gasteiger partial charge in [0, 0.05) is 30.4 Å². The number of carbonyl (C=O) groups excluding carboxylic acids is 1. The van der Waals surface area contributed by atoms with Crippen LogP contribution in [0.5, 0.6) is 0 Å². The lowest BCUT2D eigenvalue weighted by Gasteiger charge is -2.27. The number of ether oxygens (including phenoxy) is 1. The summed E-state index contributed by atoms with van der Waals surface area (Å²) in [4.78, 5) is 15.1. The lowest BCUT2D eigenvalue weighted by Crippen LogP contribution is -2.52. The van der Waals surface area contributed by atoms with Crippen molar-refractivity contribution in [3.05, 3.63) is 24.0 Å². The Morgan fingerprint density at radius 1 is 1.61 bits per heavy atom. The molecule has 0 aromatic carbocycles. The number of rotatable bonds is 4. The molecule has 3 N–H and O–H groups in total. The fourth-order valence-corrected chi connectivity index (χ4v) is 2.01. The fourth-order valence-electron chi connectivity index (χ4n) is 2.01. The number of hydrogen-bond donors (Lipinski definition) is 3. The molecule has 5 heteroatoms. The van der Waals surface area contributed by atoms with Gasteiger partial charge in [-0.15, -0.1) is 0 Å². The predicted octanol–water partition coefficient (Wildman–Crippen LogP) is 0.397. The van der Waals surface area contributed by atoms with Crippen LogP contribution in [0.15, 0.2) is 18.3 Å². The minimum absolute atomic E-state index is 0.00864. The van der Waals surface area contributed by atoms with Crippen LogP contribution in [0.2, 0.25) is 0 Å². The van der Waals surface area contributed by atoms with Crippen LogP contribution in [-0.2, 0) is 14.9 Å². The molecule has 1 unspecified atom stereocenters. The molecule has 2 heterocycles.